The Morgan fingerprint density at radius 3 is 2.56 bits per heavy atom. The fourth-order valence-corrected chi connectivity index (χ4v) is 3.94. The van der Waals surface area contributed by atoms with Crippen LogP contribution in [0.3, 0.4) is 0 Å². The molecular formula is C25H27N3O3S. The summed E-state index contributed by atoms with van der Waals surface area (Å²) >= 11 is 1.61. The second kappa shape index (κ2) is 11.5. The molecule has 7 heteroatoms. The van der Waals surface area contributed by atoms with Gasteiger partial charge in [-0.2, -0.15) is 11.8 Å². The topological polar surface area (TPSA) is 94.3 Å². The van der Waals surface area contributed by atoms with Crippen molar-refractivity contribution in [3.05, 3.63) is 78.0 Å². The van der Waals surface area contributed by atoms with E-state index in [9.17, 15) is 9.59 Å². The van der Waals surface area contributed by atoms with Crippen molar-refractivity contribution < 1.29 is 14.3 Å². The molecule has 0 radical (unpaired) electrons. The van der Waals surface area contributed by atoms with E-state index < -0.39 is 12.0 Å². The van der Waals surface area contributed by atoms with E-state index in [-0.39, 0.29) is 5.91 Å². The Kier molecular flexibility index (Phi) is 8.41. The Balaban J connectivity index is 2.03. The summed E-state index contributed by atoms with van der Waals surface area (Å²) in [5.74, 6) is -0.0511. The summed E-state index contributed by atoms with van der Waals surface area (Å²) in [7, 11) is 1.33. The molecule has 1 amide bonds. The number of nitrogens with one attached hydrogen (secondary N) is 1. The Morgan fingerprint density at radius 1 is 1.09 bits per heavy atom. The molecule has 1 heterocycles. The molecule has 1 aromatic heterocycles. The monoisotopic (exact) mass is 449 g/mol. The lowest BCUT2D eigenvalue weighted by atomic mass is 9.94. The fraction of sp³-hybridized carbons (Fsp3) is 0.240. The number of thioether (sulfide) groups is 1. The van der Waals surface area contributed by atoms with Gasteiger partial charge in [-0.3, -0.25) is 9.78 Å². The zero-order valence-corrected chi connectivity index (χ0v) is 19.0. The van der Waals surface area contributed by atoms with Gasteiger partial charge in [-0.25, -0.2) is 4.79 Å². The number of pyridine rings is 1. The number of carbonyl (C=O) groups excluding carboxylic acids is 2. The van der Waals surface area contributed by atoms with Crippen LogP contribution in [0, 0.1) is 0 Å². The number of hydrogen-bond donors (Lipinski definition) is 2. The highest BCUT2D eigenvalue weighted by molar-refractivity contribution is 7.98. The summed E-state index contributed by atoms with van der Waals surface area (Å²) < 4.78 is 4.88. The first-order valence-electron chi connectivity index (χ1n) is 10.3. The molecule has 3 aromatic rings. The molecule has 6 nitrogen and oxygen atoms in total. The van der Waals surface area contributed by atoms with Crippen LogP contribution in [0.4, 0.5) is 0 Å². The summed E-state index contributed by atoms with van der Waals surface area (Å²) in [4.78, 5) is 29.9. The largest absolute Gasteiger partial charge is 0.467 e. The van der Waals surface area contributed by atoms with Crippen molar-refractivity contribution in [2.45, 2.75) is 19.0 Å². The Hall–Kier alpha value is -3.16. The number of methoxy groups -OCH3 is 1. The number of nitrogens with zero attached hydrogens (tertiary/aromatic N) is 1. The SMILES string of the molecule is COC(=O)[C@H](CCSC)NC(=O)c1ccc(-c2ncccc2CN)cc1-c1ccccc1. The molecule has 0 aliphatic carbocycles. The number of benzene rings is 2. The summed E-state index contributed by atoms with van der Waals surface area (Å²) in [5, 5.41) is 2.85. The molecule has 166 valence electrons. The average molecular weight is 450 g/mol. The maximum absolute atomic E-state index is 13.2. The van der Waals surface area contributed by atoms with Gasteiger partial charge in [0.2, 0.25) is 0 Å². The predicted molar refractivity (Wildman–Crippen MR) is 129 cm³/mol. The van der Waals surface area contributed by atoms with Crippen LogP contribution < -0.4 is 11.1 Å². The normalized spacial score (nSPS) is 11.6. The second-order valence-corrected chi connectivity index (χ2v) is 8.16. The molecule has 0 fully saturated rings. The van der Waals surface area contributed by atoms with Crippen LogP contribution in [-0.4, -0.2) is 42.0 Å². The highest BCUT2D eigenvalue weighted by Crippen LogP contribution is 2.30. The second-order valence-electron chi connectivity index (χ2n) is 7.17. The van der Waals surface area contributed by atoms with Crippen molar-refractivity contribution in [3.8, 4) is 22.4 Å². The molecule has 0 bridgehead atoms. The third kappa shape index (κ3) is 5.55. The molecule has 0 aliphatic rings. The van der Waals surface area contributed by atoms with Crippen molar-refractivity contribution >= 4 is 23.6 Å². The zero-order valence-electron chi connectivity index (χ0n) is 18.2. The average Bonchev–Trinajstić information content (AvgIpc) is 2.86. The number of hydrogen-bond acceptors (Lipinski definition) is 6. The summed E-state index contributed by atoms with van der Waals surface area (Å²) in [6.07, 6.45) is 4.17. The molecule has 0 spiro atoms. The van der Waals surface area contributed by atoms with E-state index in [0.29, 0.717) is 18.5 Å². The quantitative estimate of drug-likeness (QED) is 0.481. The van der Waals surface area contributed by atoms with Crippen LogP contribution >= 0.6 is 11.8 Å². The molecule has 0 aliphatic heterocycles. The van der Waals surface area contributed by atoms with Crippen molar-refractivity contribution in [1.29, 1.82) is 0 Å². The van der Waals surface area contributed by atoms with Gasteiger partial charge in [0.1, 0.15) is 6.04 Å². The first-order chi connectivity index (χ1) is 15.6. The summed E-state index contributed by atoms with van der Waals surface area (Å²) in [6.45, 7) is 0.363. The van der Waals surface area contributed by atoms with Gasteiger partial charge in [-0.1, -0.05) is 42.5 Å². The number of nitrogens with two attached hydrogens (primary N) is 1. The molecule has 32 heavy (non-hydrogen) atoms. The molecule has 1 atom stereocenters. The van der Waals surface area contributed by atoms with E-state index in [4.69, 9.17) is 10.5 Å². The Bertz CT molecular complexity index is 1070. The van der Waals surface area contributed by atoms with Crippen LogP contribution in [0.25, 0.3) is 22.4 Å². The number of carbonyl (C=O) groups is 2. The van der Waals surface area contributed by atoms with Crippen molar-refractivity contribution in [3.63, 3.8) is 0 Å². The van der Waals surface area contributed by atoms with E-state index in [1.165, 1.54) is 7.11 Å². The third-order valence-corrected chi connectivity index (χ3v) is 5.78. The van der Waals surface area contributed by atoms with Crippen molar-refractivity contribution in [2.24, 2.45) is 5.73 Å². The van der Waals surface area contributed by atoms with Gasteiger partial charge < -0.3 is 15.8 Å². The Morgan fingerprint density at radius 2 is 1.88 bits per heavy atom. The minimum Gasteiger partial charge on any atom is -0.467 e. The predicted octanol–water partition coefficient (Wildman–Crippen LogP) is 3.90. The molecule has 0 saturated carbocycles. The highest BCUT2D eigenvalue weighted by atomic mass is 32.2. The maximum Gasteiger partial charge on any atom is 0.328 e. The number of rotatable bonds is 9. The van der Waals surface area contributed by atoms with Crippen LogP contribution in [0.5, 0.6) is 0 Å². The van der Waals surface area contributed by atoms with Crippen LogP contribution in [0.15, 0.2) is 66.9 Å². The van der Waals surface area contributed by atoms with Crippen molar-refractivity contribution in [2.75, 3.05) is 19.1 Å². The third-order valence-electron chi connectivity index (χ3n) is 5.14. The minimum absolute atomic E-state index is 0.327. The maximum atomic E-state index is 13.2. The molecule has 0 saturated heterocycles. The standard InChI is InChI=1S/C25H27N3O3S/c1-31-25(30)22(12-14-32-2)28-24(29)20-11-10-18(23-19(16-26)9-6-13-27-23)15-21(20)17-7-4-3-5-8-17/h3-11,13,15,22H,12,14,16,26H2,1-2H3,(H,28,29)/t22-/m0/s1. The van der Waals surface area contributed by atoms with Crippen LogP contribution in [0.1, 0.15) is 22.3 Å². The van der Waals surface area contributed by atoms with Gasteiger partial charge in [0.05, 0.1) is 12.8 Å². The zero-order chi connectivity index (χ0) is 22.9. The van der Waals surface area contributed by atoms with E-state index >= 15 is 0 Å². The first-order valence-corrected chi connectivity index (χ1v) is 11.7. The van der Waals surface area contributed by atoms with Crippen LogP contribution in [-0.2, 0) is 16.1 Å². The minimum atomic E-state index is -0.706. The van der Waals surface area contributed by atoms with Gasteiger partial charge in [0, 0.05) is 23.9 Å². The number of esters is 1. The summed E-state index contributed by atoms with van der Waals surface area (Å²) in [6, 6.07) is 18.3. The molecule has 0 unspecified atom stereocenters. The number of aromatic nitrogens is 1. The fourth-order valence-electron chi connectivity index (χ4n) is 3.47. The van der Waals surface area contributed by atoms with E-state index in [1.54, 1.807) is 24.0 Å². The lowest BCUT2D eigenvalue weighted by Gasteiger charge is -2.18. The first kappa shape index (κ1) is 23.5. The van der Waals surface area contributed by atoms with Gasteiger partial charge in [0.15, 0.2) is 0 Å². The Labute approximate surface area is 192 Å². The van der Waals surface area contributed by atoms with Crippen LogP contribution in [0.2, 0.25) is 0 Å². The highest BCUT2D eigenvalue weighted by Gasteiger charge is 2.23. The summed E-state index contributed by atoms with van der Waals surface area (Å²) in [5.41, 5.74) is 10.6. The molecular weight excluding hydrogens is 422 g/mol. The van der Waals surface area contributed by atoms with Gasteiger partial charge in [-0.15, -0.1) is 0 Å². The number of ether oxygens (including phenoxy) is 1. The van der Waals surface area contributed by atoms with Gasteiger partial charge in [-0.05, 0) is 53.3 Å². The lowest BCUT2D eigenvalue weighted by molar-refractivity contribution is -0.142. The van der Waals surface area contributed by atoms with Gasteiger partial charge >= 0.3 is 5.97 Å². The molecule has 2 aromatic carbocycles. The van der Waals surface area contributed by atoms with E-state index in [1.807, 2.05) is 60.9 Å². The molecule has 3 rings (SSSR count). The molecule has 3 N–H and O–H groups in total. The van der Waals surface area contributed by atoms with E-state index in [0.717, 1.165) is 33.7 Å². The smallest absolute Gasteiger partial charge is 0.328 e. The number of amides is 1. The lowest BCUT2D eigenvalue weighted by Crippen LogP contribution is -2.42. The van der Waals surface area contributed by atoms with Crippen molar-refractivity contribution in [1.82, 2.24) is 10.3 Å². The van der Waals surface area contributed by atoms with Gasteiger partial charge in [0.25, 0.3) is 5.91 Å². The van der Waals surface area contributed by atoms with E-state index in [2.05, 4.69) is 10.3 Å².